The van der Waals surface area contributed by atoms with Crippen LogP contribution in [0.15, 0.2) is 24.3 Å². The molecule has 1 unspecified atom stereocenters. The average molecular weight is 342 g/mol. The van der Waals surface area contributed by atoms with Gasteiger partial charge in [-0.3, -0.25) is 4.79 Å². The largest absolute Gasteiger partial charge is 0.389 e. The van der Waals surface area contributed by atoms with E-state index < -0.39 is 6.10 Å². The maximum absolute atomic E-state index is 12.2. The number of hydrogen-bond acceptors (Lipinski definition) is 4. The summed E-state index contributed by atoms with van der Waals surface area (Å²) in [6, 6.07) is 7.61. The second-order valence-electron chi connectivity index (χ2n) is 5.54. The molecule has 0 aliphatic carbocycles. The molecule has 0 saturated carbocycles. The molecule has 6 heteroatoms. The lowest BCUT2D eigenvalue weighted by atomic mass is 10.2. The Bertz CT molecular complexity index is 641. The Hall–Kier alpha value is -1.14. The summed E-state index contributed by atoms with van der Waals surface area (Å²) in [5.41, 5.74) is 0. The SMILES string of the molecule is CC(C)COCC(O)CNC(=O)c1sc2ccccc2c1Cl. The Morgan fingerprint density at radius 3 is 2.77 bits per heavy atom. The first-order valence-electron chi connectivity index (χ1n) is 7.20. The first-order valence-corrected chi connectivity index (χ1v) is 8.39. The molecule has 120 valence electrons. The minimum atomic E-state index is -0.726. The van der Waals surface area contributed by atoms with Gasteiger partial charge in [-0.1, -0.05) is 43.6 Å². The number of nitrogens with one attached hydrogen (secondary N) is 1. The van der Waals surface area contributed by atoms with Gasteiger partial charge in [0.2, 0.25) is 0 Å². The van der Waals surface area contributed by atoms with Gasteiger partial charge >= 0.3 is 0 Å². The van der Waals surface area contributed by atoms with Gasteiger partial charge in [-0.2, -0.15) is 0 Å². The van der Waals surface area contributed by atoms with E-state index in [0.717, 1.165) is 10.1 Å². The lowest BCUT2D eigenvalue weighted by molar-refractivity contribution is 0.0259. The molecular weight excluding hydrogens is 322 g/mol. The van der Waals surface area contributed by atoms with Crippen molar-refractivity contribution in [3.8, 4) is 0 Å². The number of ether oxygens (including phenoxy) is 1. The van der Waals surface area contributed by atoms with Crippen molar-refractivity contribution < 1.29 is 14.6 Å². The van der Waals surface area contributed by atoms with Crippen LogP contribution in [0.4, 0.5) is 0 Å². The highest BCUT2D eigenvalue weighted by Crippen LogP contribution is 2.34. The Morgan fingerprint density at radius 2 is 2.09 bits per heavy atom. The third-order valence-corrected chi connectivity index (χ3v) is 4.67. The van der Waals surface area contributed by atoms with E-state index in [-0.39, 0.29) is 19.1 Å². The number of carbonyl (C=O) groups is 1. The highest BCUT2D eigenvalue weighted by molar-refractivity contribution is 7.21. The van der Waals surface area contributed by atoms with Crippen LogP contribution < -0.4 is 5.32 Å². The fraction of sp³-hybridized carbons (Fsp3) is 0.438. The van der Waals surface area contributed by atoms with E-state index in [1.54, 1.807) is 0 Å². The van der Waals surface area contributed by atoms with Crippen LogP contribution in [0.1, 0.15) is 23.5 Å². The van der Waals surface area contributed by atoms with Crippen LogP contribution in [0.25, 0.3) is 10.1 Å². The summed E-state index contributed by atoms with van der Waals surface area (Å²) < 4.78 is 6.31. The van der Waals surface area contributed by atoms with Crippen LogP contribution in [0.5, 0.6) is 0 Å². The van der Waals surface area contributed by atoms with Gasteiger partial charge in [0.1, 0.15) is 4.88 Å². The Morgan fingerprint density at radius 1 is 1.36 bits per heavy atom. The van der Waals surface area contributed by atoms with E-state index in [9.17, 15) is 9.90 Å². The van der Waals surface area contributed by atoms with Crippen LogP contribution in [0.3, 0.4) is 0 Å². The number of fused-ring (bicyclic) bond motifs is 1. The van der Waals surface area contributed by atoms with E-state index in [0.29, 0.717) is 22.4 Å². The van der Waals surface area contributed by atoms with E-state index in [1.165, 1.54) is 11.3 Å². The molecule has 0 spiro atoms. The minimum absolute atomic E-state index is 0.140. The van der Waals surface area contributed by atoms with E-state index in [1.807, 2.05) is 38.1 Å². The second-order valence-corrected chi connectivity index (χ2v) is 6.97. The first kappa shape index (κ1) is 17.2. The van der Waals surface area contributed by atoms with Crippen molar-refractivity contribution in [2.45, 2.75) is 20.0 Å². The molecule has 1 atom stereocenters. The molecule has 1 amide bonds. The van der Waals surface area contributed by atoms with Crippen molar-refractivity contribution >= 4 is 38.9 Å². The van der Waals surface area contributed by atoms with E-state index in [4.69, 9.17) is 16.3 Å². The van der Waals surface area contributed by atoms with Crippen molar-refractivity contribution in [1.29, 1.82) is 0 Å². The Balaban J connectivity index is 1.90. The molecule has 1 aromatic carbocycles. The lowest BCUT2D eigenvalue weighted by Crippen LogP contribution is -2.34. The van der Waals surface area contributed by atoms with E-state index >= 15 is 0 Å². The maximum Gasteiger partial charge on any atom is 0.263 e. The number of rotatable bonds is 7. The zero-order chi connectivity index (χ0) is 16.1. The van der Waals surface area contributed by atoms with Gasteiger partial charge < -0.3 is 15.2 Å². The Labute approximate surface area is 139 Å². The number of carbonyl (C=O) groups excluding carboxylic acids is 1. The van der Waals surface area contributed by atoms with E-state index in [2.05, 4.69) is 5.32 Å². The van der Waals surface area contributed by atoms with Crippen molar-refractivity contribution in [3.05, 3.63) is 34.2 Å². The van der Waals surface area contributed by atoms with Crippen LogP contribution in [0, 0.1) is 5.92 Å². The zero-order valence-electron chi connectivity index (χ0n) is 12.6. The normalized spacial score (nSPS) is 12.8. The molecule has 0 radical (unpaired) electrons. The third kappa shape index (κ3) is 4.43. The summed E-state index contributed by atoms with van der Waals surface area (Å²) in [4.78, 5) is 12.7. The maximum atomic E-state index is 12.2. The second kappa shape index (κ2) is 7.92. The lowest BCUT2D eigenvalue weighted by Gasteiger charge is -2.13. The molecule has 1 aromatic heterocycles. The molecule has 0 aliphatic rings. The minimum Gasteiger partial charge on any atom is -0.389 e. The molecular formula is C16H20ClNO3S. The molecule has 0 fully saturated rings. The first-order chi connectivity index (χ1) is 10.5. The predicted molar refractivity (Wildman–Crippen MR) is 90.8 cm³/mol. The van der Waals surface area contributed by atoms with Crippen LogP contribution >= 0.6 is 22.9 Å². The molecule has 2 rings (SSSR count). The number of amides is 1. The molecule has 0 saturated heterocycles. The fourth-order valence-electron chi connectivity index (χ4n) is 1.95. The van der Waals surface area contributed by atoms with Crippen LogP contribution in [-0.4, -0.2) is 36.9 Å². The van der Waals surface area contributed by atoms with Gasteiger partial charge in [-0.25, -0.2) is 0 Å². The van der Waals surface area contributed by atoms with Crippen molar-refractivity contribution in [2.75, 3.05) is 19.8 Å². The highest BCUT2D eigenvalue weighted by Gasteiger charge is 2.17. The van der Waals surface area contributed by atoms with Crippen molar-refractivity contribution in [1.82, 2.24) is 5.32 Å². The predicted octanol–water partition coefficient (Wildman–Crippen LogP) is 3.32. The van der Waals surface area contributed by atoms with Crippen molar-refractivity contribution in [3.63, 3.8) is 0 Å². The zero-order valence-corrected chi connectivity index (χ0v) is 14.2. The quantitative estimate of drug-likeness (QED) is 0.812. The number of benzene rings is 1. The monoisotopic (exact) mass is 341 g/mol. The average Bonchev–Trinajstić information content (AvgIpc) is 2.82. The fourth-order valence-corrected chi connectivity index (χ4v) is 3.38. The van der Waals surface area contributed by atoms with Crippen LogP contribution in [-0.2, 0) is 4.74 Å². The summed E-state index contributed by atoms with van der Waals surface area (Å²) in [6.07, 6.45) is -0.726. The van der Waals surface area contributed by atoms with Gasteiger partial charge in [0.25, 0.3) is 5.91 Å². The number of aliphatic hydroxyl groups excluding tert-OH is 1. The molecule has 2 N–H and O–H groups in total. The summed E-state index contributed by atoms with van der Waals surface area (Å²) in [5.74, 6) is 0.147. The van der Waals surface area contributed by atoms with Crippen molar-refractivity contribution in [2.24, 2.45) is 5.92 Å². The topological polar surface area (TPSA) is 58.6 Å². The number of halogens is 1. The summed E-state index contributed by atoms with van der Waals surface area (Å²) in [5, 5.41) is 13.8. The van der Waals surface area contributed by atoms with Gasteiger partial charge in [0, 0.05) is 23.2 Å². The molecule has 1 heterocycles. The Kier molecular flexibility index (Phi) is 6.20. The highest BCUT2D eigenvalue weighted by atomic mass is 35.5. The van der Waals surface area contributed by atoms with Gasteiger partial charge in [0.15, 0.2) is 0 Å². The summed E-state index contributed by atoms with van der Waals surface area (Å²) in [6.45, 7) is 5.02. The smallest absolute Gasteiger partial charge is 0.263 e. The third-order valence-electron chi connectivity index (χ3n) is 3.00. The molecule has 0 aliphatic heterocycles. The van der Waals surface area contributed by atoms with Gasteiger partial charge in [-0.15, -0.1) is 11.3 Å². The molecule has 0 bridgehead atoms. The molecule has 4 nitrogen and oxygen atoms in total. The van der Waals surface area contributed by atoms with Gasteiger partial charge in [0.05, 0.1) is 17.7 Å². The summed E-state index contributed by atoms with van der Waals surface area (Å²) in [7, 11) is 0. The molecule has 2 aromatic rings. The van der Waals surface area contributed by atoms with Gasteiger partial charge in [-0.05, 0) is 12.0 Å². The number of hydrogen-bond donors (Lipinski definition) is 2. The molecule has 22 heavy (non-hydrogen) atoms. The number of thiophene rings is 1. The standard InChI is InChI=1S/C16H20ClNO3S/c1-10(2)8-21-9-11(19)7-18-16(20)15-14(17)12-5-3-4-6-13(12)22-15/h3-6,10-11,19H,7-9H2,1-2H3,(H,18,20). The van der Waals surface area contributed by atoms with Crippen LogP contribution in [0.2, 0.25) is 5.02 Å². The summed E-state index contributed by atoms with van der Waals surface area (Å²) >= 11 is 7.60. The number of aliphatic hydroxyl groups is 1.